The van der Waals surface area contributed by atoms with E-state index in [9.17, 15) is 18.8 Å². The van der Waals surface area contributed by atoms with E-state index < -0.39 is 46.2 Å². The number of ether oxygens (including phenoxy) is 1. The summed E-state index contributed by atoms with van der Waals surface area (Å²) >= 11 is 0.683. The number of likely N-dealkylation sites (tertiary alicyclic amines) is 1. The number of nitrogens with zero attached hydrogens (tertiary/aromatic N) is 6. The summed E-state index contributed by atoms with van der Waals surface area (Å²) < 4.78 is 98.0. The van der Waals surface area contributed by atoms with Crippen molar-refractivity contribution in [3.63, 3.8) is 0 Å². The maximum atomic E-state index is 17.2. The van der Waals surface area contributed by atoms with Crippen molar-refractivity contribution in [2.24, 2.45) is 5.92 Å². The zero-order valence-electron chi connectivity index (χ0n) is 30.8. The van der Waals surface area contributed by atoms with E-state index in [1.165, 1.54) is 0 Å². The molecule has 3 aliphatic rings. The minimum atomic E-state index is -5.12. The Morgan fingerprint density at radius 2 is 1.94 bits per heavy atom. The van der Waals surface area contributed by atoms with Crippen molar-refractivity contribution in [2.75, 3.05) is 50.0 Å². The van der Waals surface area contributed by atoms with Crippen LogP contribution in [0.5, 0.6) is 6.01 Å². The SMILES string of the molecule is CC.CCN(c1nc(OCC23CCCN2CC(F)C3)nc2c(F)c(-c3ccc(F)c4sc(N)c(C#N)c34)c(C(F)(F)F)cc12)C1CCN(C(=O)C(C)C)C1. The van der Waals surface area contributed by atoms with Crippen LogP contribution in [0, 0.1) is 28.9 Å². The van der Waals surface area contributed by atoms with Crippen molar-refractivity contribution < 1.29 is 35.9 Å². The van der Waals surface area contributed by atoms with E-state index in [0.717, 1.165) is 24.6 Å². The number of fused-ring (bicyclic) bond motifs is 3. The molecule has 7 rings (SSSR count). The van der Waals surface area contributed by atoms with Gasteiger partial charge in [-0.1, -0.05) is 33.8 Å². The third kappa shape index (κ3) is 6.78. The molecule has 0 saturated carbocycles. The van der Waals surface area contributed by atoms with Gasteiger partial charge in [-0.25, -0.2) is 13.2 Å². The van der Waals surface area contributed by atoms with Crippen molar-refractivity contribution in [3.05, 3.63) is 41.0 Å². The van der Waals surface area contributed by atoms with Crippen molar-refractivity contribution in [3.8, 4) is 23.2 Å². The Bertz CT molecular complexity index is 2120. The van der Waals surface area contributed by atoms with E-state index in [1.807, 2.05) is 24.8 Å². The third-order valence-electron chi connectivity index (χ3n) is 10.6. The van der Waals surface area contributed by atoms with E-state index >= 15 is 17.6 Å². The van der Waals surface area contributed by atoms with Crippen LogP contribution in [-0.2, 0) is 11.0 Å². The molecule has 54 heavy (non-hydrogen) atoms. The Labute approximate surface area is 313 Å². The molecule has 290 valence electrons. The zero-order valence-corrected chi connectivity index (χ0v) is 31.6. The normalized spacial score (nSPS) is 21.4. The van der Waals surface area contributed by atoms with Crippen LogP contribution in [0.25, 0.3) is 32.1 Å². The van der Waals surface area contributed by atoms with Gasteiger partial charge in [0.25, 0.3) is 0 Å². The van der Waals surface area contributed by atoms with Gasteiger partial charge < -0.3 is 20.3 Å². The van der Waals surface area contributed by atoms with Gasteiger partial charge in [0.05, 0.1) is 21.4 Å². The molecule has 4 aromatic rings. The molecule has 3 unspecified atom stereocenters. The maximum absolute atomic E-state index is 17.2. The van der Waals surface area contributed by atoms with Crippen LogP contribution in [0.1, 0.15) is 71.4 Å². The number of anilines is 2. The quantitative estimate of drug-likeness (QED) is 0.178. The van der Waals surface area contributed by atoms with Gasteiger partial charge in [-0.15, -0.1) is 11.3 Å². The predicted molar refractivity (Wildman–Crippen MR) is 197 cm³/mol. The Morgan fingerprint density at radius 1 is 1.20 bits per heavy atom. The fourth-order valence-corrected chi connectivity index (χ4v) is 9.21. The predicted octanol–water partition coefficient (Wildman–Crippen LogP) is 8.33. The number of nitriles is 1. The standard InChI is InChI=1S/C36H37F6N7O2S.C2H6/c1-4-49(20-8-11-47(16-20)33(50)18(2)3)32-22-12-24(36(40,41)42)27(21-6-7-25(38)30-26(21)23(14-43)31(44)52-30)28(39)29(22)45-34(46-32)51-17-35-9-5-10-48(35)15-19(37)13-35;1-2/h6-7,12,18-20H,4-5,8-11,13,15-17,44H2,1-3H3;1-2H3. The third-order valence-corrected chi connectivity index (χ3v) is 11.7. The van der Waals surface area contributed by atoms with Crippen LogP contribution in [0.4, 0.5) is 37.2 Å². The Morgan fingerprint density at radius 3 is 2.61 bits per heavy atom. The number of amides is 1. The number of nitrogen functional groups attached to an aromatic ring is 1. The average molecular weight is 776 g/mol. The number of hydrogen-bond donors (Lipinski definition) is 1. The highest BCUT2D eigenvalue weighted by atomic mass is 32.1. The topological polar surface area (TPSA) is 112 Å². The molecule has 3 fully saturated rings. The van der Waals surface area contributed by atoms with E-state index in [2.05, 4.69) is 9.97 Å². The van der Waals surface area contributed by atoms with Crippen LogP contribution in [-0.4, -0.2) is 82.8 Å². The first kappa shape index (κ1) is 39.3. The minimum absolute atomic E-state index is 0.0143. The number of nitrogens with two attached hydrogens (primary N) is 1. The number of benzene rings is 2. The number of alkyl halides is 4. The molecule has 0 radical (unpaired) electrons. The monoisotopic (exact) mass is 775 g/mol. The molecule has 16 heteroatoms. The summed E-state index contributed by atoms with van der Waals surface area (Å²) in [5, 5.41) is 9.25. The number of thiophene rings is 1. The summed E-state index contributed by atoms with van der Waals surface area (Å²) in [6.45, 7) is 11.2. The number of aromatic nitrogens is 2. The molecular formula is C38H43F6N7O2S. The van der Waals surface area contributed by atoms with Gasteiger partial charge in [0, 0.05) is 60.9 Å². The first-order valence-corrected chi connectivity index (χ1v) is 19.1. The summed E-state index contributed by atoms with van der Waals surface area (Å²) in [6.07, 6.45) is -3.96. The molecular weight excluding hydrogens is 733 g/mol. The number of likely N-dealkylation sites (N-methyl/N-ethyl adjacent to an activating group) is 1. The van der Waals surface area contributed by atoms with Gasteiger partial charge in [-0.3, -0.25) is 9.69 Å². The fraction of sp³-hybridized carbons (Fsp3) is 0.526. The van der Waals surface area contributed by atoms with Crippen LogP contribution in [0.3, 0.4) is 0 Å². The lowest BCUT2D eigenvalue weighted by molar-refractivity contribution is -0.137. The minimum Gasteiger partial charge on any atom is -0.461 e. The molecule has 1 amide bonds. The second-order valence-corrected chi connectivity index (χ2v) is 15.2. The smallest absolute Gasteiger partial charge is 0.417 e. The number of carbonyl (C=O) groups is 1. The van der Waals surface area contributed by atoms with E-state index in [4.69, 9.17) is 10.5 Å². The summed E-state index contributed by atoms with van der Waals surface area (Å²) in [5.41, 5.74) is 1.92. The van der Waals surface area contributed by atoms with Gasteiger partial charge >= 0.3 is 12.2 Å². The zero-order chi connectivity index (χ0) is 39.3. The van der Waals surface area contributed by atoms with E-state index in [1.54, 1.807) is 30.6 Å². The fourth-order valence-electron chi connectivity index (χ4n) is 8.26. The molecule has 0 spiro atoms. The number of hydrogen-bond acceptors (Lipinski definition) is 9. The molecule has 2 N–H and O–H groups in total. The summed E-state index contributed by atoms with van der Waals surface area (Å²) in [5.74, 6) is -2.54. The van der Waals surface area contributed by atoms with Gasteiger partial charge in [0.1, 0.15) is 41.0 Å². The molecule has 3 saturated heterocycles. The lowest BCUT2D eigenvalue weighted by Crippen LogP contribution is -2.43. The van der Waals surface area contributed by atoms with Gasteiger partial charge in [-0.2, -0.15) is 28.4 Å². The second kappa shape index (κ2) is 15.1. The average Bonchev–Trinajstić information content (AvgIpc) is 3.91. The molecule has 2 aromatic carbocycles. The number of halogens is 6. The largest absolute Gasteiger partial charge is 0.461 e. The van der Waals surface area contributed by atoms with Gasteiger partial charge in [0.2, 0.25) is 5.91 Å². The summed E-state index contributed by atoms with van der Waals surface area (Å²) in [6, 6.07) is 3.85. The van der Waals surface area contributed by atoms with E-state index in [-0.39, 0.29) is 94.0 Å². The van der Waals surface area contributed by atoms with Crippen LogP contribution < -0.4 is 15.4 Å². The van der Waals surface area contributed by atoms with Gasteiger partial charge in [0.15, 0.2) is 5.82 Å². The molecule has 5 heterocycles. The van der Waals surface area contributed by atoms with E-state index in [0.29, 0.717) is 37.3 Å². The Hall–Kier alpha value is -4.36. The highest BCUT2D eigenvalue weighted by molar-refractivity contribution is 7.23. The Kier molecular flexibility index (Phi) is 11.0. The number of rotatable bonds is 8. The first-order chi connectivity index (χ1) is 25.7. The molecule has 0 aliphatic carbocycles. The summed E-state index contributed by atoms with van der Waals surface area (Å²) in [4.78, 5) is 27.3. The van der Waals surface area contributed by atoms with Crippen LogP contribution in [0.15, 0.2) is 18.2 Å². The second-order valence-electron chi connectivity index (χ2n) is 14.1. The van der Waals surface area contributed by atoms with Crippen LogP contribution >= 0.6 is 11.3 Å². The Balaban J connectivity index is 0.00000245. The summed E-state index contributed by atoms with van der Waals surface area (Å²) in [7, 11) is 0. The van der Waals surface area contributed by atoms with Crippen molar-refractivity contribution in [1.82, 2.24) is 19.8 Å². The number of carbonyl (C=O) groups excluding carboxylic acids is 1. The first-order valence-electron chi connectivity index (χ1n) is 18.3. The maximum Gasteiger partial charge on any atom is 0.417 e. The molecule has 3 atom stereocenters. The molecule has 9 nitrogen and oxygen atoms in total. The molecule has 2 aromatic heterocycles. The molecule has 3 aliphatic heterocycles. The lowest BCUT2D eigenvalue weighted by Gasteiger charge is -2.32. The van der Waals surface area contributed by atoms with Crippen molar-refractivity contribution in [2.45, 2.75) is 84.2 Å². The highest BCUT2D eigenvalue weighted by Gasteiger charge is 2.49. The lowest BCUT2D eigenvalue weighted by atomic mass is 9.92. The van der Waals surface area contributed by atoms with Gasteiger partial charge in [-0.05, 0) is 50.4 Å². The van der Waals surface area contributed by atoms with Crippen molar-refractivity contribution >= 4 is 49.1 Å². The molecule has 0 bridgehead atoms. The highest BCUT2D eigenvalue weighted by Crippen LogP contribution is 2.48. The van der Waals surface area contributed by atoms with Crippen LogP contribution in [0.2, 0.25) is 0 Å². The van der Waals surface area contributed by atoms with Crippen molar-refractivity contribution in [1.29, 1.82) is 5.26 Å².